The number of carbonyl (C=O) groups excluding carboxylic acids is 1. The van der Waals surface area contributed by atoms with Gasteiger partial charge in [-0.25, -0.2) is 18.1 Å². The molecule has 8 heteroatoms. The van der Waals surface area contributed by atoms with E-state index in [-0.39, 0.29) is 18.5 Å². The average molecular weight is 288 g/mol. The fraction of sp³-hybridized carbons (Fsp3) is 0.636. The van der Waals surface area contributed by atoms with Gasteiger partial charge in [-0.15, -0.1) is 0 Å². The number of hydrogen-bond donors (Lipinski definition) is 2. The maximum absolute atomic E-state index is 11.7. The van der Waals surface area contributed by atoms with E-state index in [1.165, 1.54) is 0 Å². The molecule has 1 amide bonds. The van der Waals surface area contributed by atoms with Crippen molar-refractivity contribution < 1.29 is 13.2 Å². The fourth-order valence-corrected chi connectivity index (χ4v) is 2.10. The predicted molar refractivity (Wildman–Crippen MR) is 71.8 cm³/mol. The number of imidazole rings is 1. The lowest BCUT2D eigenvalue weighted by molar-refractivity contribution is -0.120. The van der Waals surface area contributed by atoms with Gasteiger partial charge in [-0.05, 0) is 6.42 Å². The van der Waals surface area contributed by atoms with Crippen LogP contribution in [0.1, 0.15) is 31.6 Å². The van der Waals surface area contributed by atoms with E-state index in [0.29, 0.717) is 0 Å². The summed E-state index contributed by atoms with van der Waals surface area (Å²) in [5, 5.41) is 2.78. The highest BCUT2D eigenvalue weighted by Gasteiger charge is 2.18. The number of amides is 1. The van der Waals surface area contributed by atoms with Crippen LogP contribution in [0.3, 0.4) is 0 Å². The van der Waals surface area contributed by atoms with Crippen molar-refractivity contribution in [2.24, 2.45) is 7.05 Å². The topological polar surface area (TPSA) is 93.1 Å². The highest BCUT2D eigenvalue weighted by atomic mass is 32.2. The van der Waals surface area contributed by atoms with E-state index < -0.39 is 10.0 Å². The molecule has 0 saturated carbocycles. The Labute approximate surface area is 113 Å². The molecule has 0 aliphatic carbocycles. The van der Waals surface area contributed by atoms with Gasteiger partial charge in [0.2, 0.25) is 15.9 Å². The first-order valence-corrected chi connectivity index (χ1v) is 7.94. The monoisotopic (exact) mass is 288 g/mol. The fourth-order valence-electron chi connectivity index (χ4n) is 1.71. The first-order chi connectivity index (χ1) is 8.83. The summed E-state index contributed by atoms with van der Waals surface area (Å²) in [6.45, 7) is 1.75. The second-order valence-corrected chi connectivity index (χ2v) is 6.23. The van der Waals surface area contributed by atoms with Crippen LogP contribution in [0.15, 0.2) is 12.4 Å². The summed E-state index contributed by atoms with van der Waals surface area (Å²) in [5.74, 6) is 0.390. The molecule has 1 rings (SSSR count). The molecule has 7 nitrogen and oxygen atoms in total. The van der Waals surface area contributed by atoms with Crippen molar-refractivity contribution >= 4 is 15.9 Å². The van der Waals surface area contributed by atoms with E-state index in [2.05, 4.69) is 15.0 Å². The van der Waals surface area contributed by atoms with Gasteiger partial charge in [-0.1, -0.05) is 13.3 Å². The van der Waals surface area contributed by atoms with Gasteiger partial charge in [-0.3, -0.25) is 4.79 Å². The Morgan fingerprint density at radius 1 is 1.53 bits per heavy atom. The van der Waals surface area contributed by atoms with Crippen molar-refractivity contribution in [1.29, 1.82) is 0 Å². The van der Waals surface area contributed by atoms with Crippen molar-refractivity contribution in [3.63, 3.8) is 0 Å². The first kappa shape index (κ1) is 15.6. The molecule has 2 N–H and O–H groups in total. The summed E-state index contributed by atoms with van der Waals surface area (Å²) >= 11 is 0. The van der Waals surface area contributed by atoms with Crippen LogP contribution in [0.4, 0.5) is 0 Å². The number of nitrogens with one attached hydrogen (secondary N) is 2. The average Bonchev–Trinajstić information content (AvgIpc) is 2.71. The smallest absolute Gasteiger partial charge is 0.235 e. The zero-order valence-electron chi connectivity index (χ0n) is 11.4. The minimum Gasteiger partial charge on any atom is -0.345 e. The Morgan fingerprint density at radius 2 is 2.21 bits per heavy atom. The summed E-state index contributed by atoms with van der Waals surface area (Å²) in [5.41, 5.74) is 0. The second kappa shape index (κ2) is 6.67. The zero-order chi connectivity index (χ0) is 14.5. The highest BCUT2D eigenvalue weighted by Crippen LogP contribution is 2.15. The molecule has 0 aromatic carbocycles. The summed E-state index contributed by atoms with van der Waals surface area (Å²) in [6.07, 6.45) is 6.12. The van der Waals surface area contributed by atoms with E-state index in [1.54, 1.807) is 12.4 Å². The van der Waals surface area contributed by atoms with Crippen molar-refractivity contribution in [3.05, 3.63) is 18.2 Å². The third-order valence-electron chi connectivity index (χ3n) is 2.58. The number of rotatable bonds is 7. The van der Waals surface area contributed by atoms with E-state index in [4.69, 9.17) is 0 Å². The normalized spacial score (nSPS) is 13.2. The summed E-state index contributed by atoms with van der Waals surface area (Å²) in [6, 6.07) is -0.209. The molecular formula is C11H20N4O3S. The van der Waals surface area contributed by atoms with Crippen LogP contribution < -0.4 is 10.0 Å². The van der Waals surface area contributed by atoms with E-state index in [9.17, 15) is 13.2 Å². The van der Waals surface area contributed by atoms with Gasteiger partial charge in [0, 0.05) is 19.4 Å². The molecule has 0 saturated heterocycles. The number of nitrogens with zero attached hydrogens (tertiary/aromatic N) is 2. The first-order valence-electron chi connectivity index (χ1n) is 6.04. The Morgan fingerprint density at radius 3 is 2.68 bits per heavy atom. The van der Waals surface area contributed by atoms with Crippen molar-refractivity contribution in [1.82, 2.24) is 19.6 Å². The van der Waals surface area contributed by atoms with Crippen LogP contribution >= 0.6 is 0 Å². The molecule has 19 heavy (non-hydrogen) atoms. The van der Waals surface area contributed by atoms with Crippen LogP contribution in [0.25, 0.3) is 0 Å². The Balaban J connectivity index is 2.64. The van der Waals surface area contributed by atoms with E-state index in [1.807, 2.05) is 18.5 Å². The Bertz CT molecular complexity index is 524. The molecule has 0 bridgehead atoms. The minimum atomic E-state index is -3.36. The van der Waals surface area contributed by atoms with Crippen LogP contribution in [-0.4, -0.2) is 36.7 Å². The molecule has 0 aliphatic heterocycles. The number of sulfonamides is 1. The Hall–Kier alpha value is -1.41. The van der Waals surface area contributed by atoms with Crippen LogP contribution in [0, 0.1) is 0 Å². The lowest BCUT2D eigenvalue weighted by Gasteiger charge is -2.18. The Kier molecular flexibility index (Phi) is 5.49. The predicted octanol–water partition coefficient (Wildman–Crippen LogP) is -0.0733. The van der Waals surface area contributed by atoms with Crippen LogP contribution in [0.2, 0.25) is 0 Å². The molecular weight excluding hydrogens is 268 g/mol. The zero-order valence-corrected chi connectivity index (χ0v) is 12.2. The maximum Gasteiger partial charge on any atom is 0.235 e. The molecule has 0 aliphatic rings. The highest BCUT2D eigenvalue weighted by molar-refractivity contribution is 7.88. The molecule has 0 fully saturated rings. The third-order valence-corrected chi connectivity index (χ3v) is 3.25. The number of hydrogen-bond acceptors (Lipinski definition) is 4. The lowest BCUT2D eigenvalue weighted by Crippen LogP contribution is -2.38. The van der Waals surface area contributed by atoms with Gasteiger partial charge in [0.05, 0.1) is 18.8 Å². The van der Waals surface area contributed by atoms with Crippen molar-refractivity contribution in [3.8, 4) is 0 Å². The summed E-state index contributed by atoms with van der Waals surface area (Å²) in [7, 11) is -1.51. The molecule has 0 radical (unpaired) electrons. The molecule has 1 aromatic rings. The van der Waals surface area contributed by atoms with Crippen LogP contribution in [-0.2, 0) is 21.9 Å². The molecule has 1 atom stereocenters. The molecule has 1 heterocycles. The van der Waals surface area contributed by atoms with Gasteiger partial charge in [0.1, 0.15) is 5.82 Å². The van der Waals surface area contributed by atoms with Crippen molar-refractivity contribution in [2.45, 2.75) is 25.8 Å². The van der Waals surface area contributed by atoms with Gasteiger partial charge in [-0.2, -0.15) is 0 Å². The number of carbonyl (C=O) groups is 1. The number of aryl methyl sites for hydroxylation is 1. The third kappa shape index (κ3) is 5.39. The molecule has 0 spiro atoms. The summed E-state index contributed by atoms with van der Waals surface area (Å²) < 4.78 is 25.8. The van der Waals surface area contributed by atoms with Crippen molar-refractivity contribution in [2.75, 3.05) is 12.8 Å². The molecule has 0 unspecified atom stereocenters. The van der Waals surface area contributed by atoms with E-state index >= 15 is 0 Å². The second-order valence-electron chi connectivity index (χ2n) is 4.40. The van der Waals surface area contributed by atoms with Crippen LogP contribution in [0.5, 0.6) is 0 Å². The minimum absolute atomic E-state index is 0.209. The summed E-state index contributed by atoms with van der Waals surface area (Å²) in [4.78, 5) is 15.9. The standard InChI is InChI=1S/C11H20N4O3S/c1-4-5-9(11-12-6-7-15(11)2)14-10(16)8-13-19(3,17)18/h6-7,9,13H,4-5,8H2,1-3H3,(H,14,16)/t9-/m0/s1. The van der Waals surface area contributed by atoms with Gasteiger partial charge < -0.3 is 9.88 Å². The van der Waals surface area contributed by atoms with Gasteiger partial charge >= 0.3 is 0 Å². The largest absolute Gasteiger partial charge is 0.345 e. The molecule has 108 valence electrons. The lowest BCUT2D eigenvalue weighted by atomic mass is 10.1. The van der Waals surface area contributed by atoms with E-state index in [0.717, 1.165) is 24.9 Å². The quantitative estimate of drug-likeness (QED) is 0.734. The number of aromatic nitrogens is 2. The SMILES string of the molecule is CCC[C@H](NC(=O)CNS(C)(=O)=O)c1nccn1C. The maximum atomic E-state index is 11.7. The van der Waals surface area contributed by atoms with Gasteiger partial charge in [0.25, 0.3) is 0 Å². The van der Waals surface area contributed by atoms with Gasteiger partial charge in [0.15, 0.2) is 0 Å². The molecule has 1 aromatic heterocycles.